The van der Waals surface area contributed by atoms with Crippen LogP contribution in [0.25, 0.3) is 0 Å². The second-order valence-electron chi connectivity index (χ2n) is 6.02. The number of hydrogen-bond acceptors (Lipinski definition) is 3. The first-order valence-corrected chi connectivity index (χ1v) is 8.69. The molecular weight excluding hydrogens is 288 g/mol. The quantitative estimate of drug-likeness (QED) is 0.902. The maximum absolute atomic E-state index is 12.6. The van der Waals surface area contributed by atoms with Crippen LogP contribution in [0.1, 0.15) is 42.6 Å². The van der Waals surface area contributed by atoms with Gasteiger partial charge in [-0.1, -0.05) is 6.07 Å². The third-order valence-electron chi connectivity index (χ3n) is 3.78. The van der Waals surface area contributed by atoms with E-state index in [2.05, 4.69) is 0 Å². The maximum atomic E-state index is 12.6. The highest BCUT2D eigenvalue weighted by molar-refractivity contribution is 7.89. The minimum Gasteiger partial charge on any atom is -0.336 e. The van der Waals surface area contributed by atoms with Crippen molar-refractivity contribution < 1.29 is 13.2 Å². The number of nitrogens with two attached hydrogens (primary N) is 1. The number of aryl methyl sites for hydroxylation is 1. The zero-order valence-corrected chi connectivity index (χ0v) is 13.5. The summed E-state index contributed by atoms with van der Waals surface area (Å²) in [5.74, 6) is 0.446. The van der Waals surface area contributed by atoms with Crippen molar-refractivity contribution in [2.24, 2.45) is 11.1 Å². The molecule has 6 heteroatoms. The normalized spacial score (nSPS) is 15.3. The molecule has 1 aromatic carbocycles. The van der Waals surface area contributed by atoms with E-state index in [0.29, 0.717) is 17.0 Å². The average Bonchev–Trinajstić information content (AvgIpc) is 3.18. The van der Waals surface area contributed by atoms with E-state index in [1.165, 1.54) is 6.07 Å². The molecule has 1 saturated carbocycles. The van der Waals surface area contributed by atoms with Crippen molar-refractivity contribution >= 4 is 15.9 Å². The van der Waals surface area contributed by atoms with Crippen LogP contribution in [0, 0.1) is 12.8 Å². The van der Waals surface area contributed by atoms with E-state index in [-0.39, 0.29) is 16.8 Å². The Bertz CT molecular complexity index is 649. The highest BCUT2D eigenvalue weighted by Gasteiger charge is 2.29. The standard InChI is InChI=1S/C15H22N2O3S/c1-10(2)17(9-12-5-6-12)15(18)13-7-4-11(3)14(8-13)21(16,19)20/h4,7-8,10,12H,5-6,9H2,1-3H3,(H2,16,19,20). The molecule has 21 heavy (non-hydrogen) atoms. The first kappa shape index (κ1) is 16.0. The van der Waals surface area contributed by atoms with E-state index in [0.717, 1.165) is 19.4 Å². The summed E-state index contributed by atoms with van der Waals surface area (Å²) >= 11 is 0. The van der Waals surface area contributed by atoms with Gasteiger partial charge in [-0.3, -0.25) is 4.79 Å². The topological polar surface area (TPSA) is 80.5 Å². The molecule has 0 atom stereocenters. The fourth-order valence-electron chi connectivity index (χ4n) is 2.31. The number of sulfonamides is 1. The minimum atomic E-state index is -3.82. The lowest BCUT2D eigenvalue weighted by Crippen LogP contribution is -2.38. The Morgan fingerprint density at radius 1 is 1.38 bits per heavy atom. The SMILES string of the molecule is Cc1ccc(C(=O)N(CC2CC2)C(C)C)cc1S(N)(=O)=O. The van der Waals surface area contributed by atoms with E-state index < -0.39 is 10.0 Å². The van der Waals surface area contributed by atoms with Gasteiger partial charge in [0.2, 0.25) is 10.0 Å². The number of amides is 1. The van der Waals surface area contributed by atoms with Gasteiger partial charge in [0.15, 0.2) is 0 Å². The average molecular weight is 310 g/mol. The van der Waals surface area contributed by atoms with Gasteiger partial charge in [-0.25, -0.2) is 13.6 Å². The van der Waals surface area contributed by atoms with Crippen LogP contribution in [0.5, 0.6) is 0 Å². The fraction of sp³-hybridized carbons (Fsp3) is 0.533. The molecule has 0 radical (unpaired) electrons. The zero-order valence-electron chi connectivity index (χ0n) is 12.7. The van der Waals surface area contributed by atoms with Crippen LogP contribution >= 0.6 is 0 Å². The summed E-state index contributed by atoms with van der Waals surface area (Å²) in [6, 6.07) is 4.75. The Morgan fingerprint density at radius 3 is 2.48 bits per heavy atom. The summed E-state index contributed by atoms with van der Waals surface area (Å²) in [7, 11) is -3.82. The van der Waals surface area contributed by atoms with Gasteiger partial charge in [-0.05, 0) is 57.2 Å². The number of primary sulfonamides is 1. The number of carbonyl (C=O) groups excluding carboxylic acids is 1. The number of nitrogens with zero attached hydrogens (tertiary/aromatic N) is 1. The largest absolute Gasteiger partial charge is 0.336 e. The second-order valence-corrected chi connectivity index (χ2v) is 7.55. The van der Waals surface area contributed by atoms with Gasteiger partial charge in [-0.2, -0.15) is 0 Å². The molecule has 0 unspecified atom stereocenters. The van der Waals surface area contributed by atoms with Gasteiger partial charge in [0.25, 0.3) is 5.91 Å². The Balaban J connectivity index is 2.33. The maximum Gasteiger partial charge on any atom is 0.254 e. The molecule has 0 aromatic heterocycles. The van der Waals surface area contributed by atoms with Crippen molar-refractivity contribution in [1.29, 1.82) is 0 Å². The highest BCUT2D eigenvalue weighted by Crippen LogP contribution is 2.31. The molecule has 0 saturated heterocycles. The Labute approximate surface area is 126 Å². The molecule has 1 aliphatic carbocycles. The zero-order chi connectivity index (χ0) is 15.8. The van der Waals surface area contributed by atoms with E-state index >= 15 is 0 Å². The molecule has 1 aliphatic rings. The third-order valence-corrected chi connectivity index (χ3v) is 4.83. The third kappa shape index (κ3) is 3.83. The molecule has 1 fully saturated rings. The van der Waals surface area contributed by atoms with Crippen LogP contribution < -0.4 is 5.14 Å². The van der Waals surface area contributed by atoms with E-state index in [4.69, 9.17) is 5.14 Å². The number of benzene rings is 1. The molecule has 2 rings (SSSR count). The Kier molecular flexibility index (Phi) is 4.39. The summed E-state index contributed by atoms with van der Waals surface area (Å²) in [5, 5.41) is 5.20. The molecule has 1 amide bonds. The number of rotatable bonds is 5. The first-order valence-electron chi connectivity index (χ1n) is 7.14. The molecule has 116 valence electrons. The summed E-state index contributed by atoms with van der Waals surface area (Å²) in [4.78, 5) is 14.4. The smallest absolute Gasteiger partial charge is 0.254 e. The molecule has 1 aromatic rings. The van der Waals surface area contributed by atoms with Crippen molar-refractivity contribution in [2.75, 3.05) is 6.54 Å². The molecule has 0 bridgehead atoms. The van der Waals surface area contributed by atoms with Gasteiger partial charge in [-0.15, -0.1) is 0 Å². The van der Waals surface area contributed by atoms with Gasteiger partial charge < -0.3 is 4.90 Å². The van der Waals surface area contributed by atoms with Crippen LogP contribution in [0.3, 0.4) is 0 Å². The summed E-state index contributed by atoms with van der Waals surface area (Å²) < 4.78 is 23.1. The molecule has 0 heterocycles. The monoisotopic (exact) mass is 310 g/mol. The van der Waals surface area contributed by atoms with Crippen molar-refractivity contribution in [2.45, 2.75) is 44.6 Å². The molecule has 5 nitrogen and oxygen atoms in total. The fourth-order valence-corrected chi connectivity index (χ4v) is 3.12. The van der Waals surface area contributed by atoms with Gasteiger partial charge >= 0.3 is 0 Å². The Hall–Kier alpha value is -1.40. The summed E-state index contributed by atoms with van der Waals surface area (Å²) in [6.45, 7) is 6.33. The van der Waals surface area contributed by atoms with Crippen molar-refractivity contribution in [3.8, 4) is 0 Å². The lowest BCUT2D eigenvalue weighted by molar-refractivity contribution is 0.0696. The van der Waals surface area contributed by atoms with Crippen LogP contribution in [0.4, 0.5) is 0 Å². The number of carbonyl (C=O) groups is 1. The van der Waals surface area contributed by atoms with Crippen LogP contribution in [-0.4, -0.2) is 31.8 Å². The Morgan fingerprint density at radius 2 is 2.00 bits per heavy atom. The molecule has 0 spiro atoms. The molecular formula is C15H22N2O3S. The number of hydrogen-bond donors (Lipinski definition) is 1. The van der Waals surface area contributed by atoms with Gasteiger partial charge in [0.1, 0.15) is 0 Å². The van der Waals surface area contributed by atoms with Crippen molar-refractivity contribution in [3.05, 3.63) is 29.3 Å². The van der Waals surface area contributed by atoms with Crippen molar-refractivity contribution in [3.63, 3.8) is 0 Å². The van der Waals surface area contributed by atoms with Crippen LogP contribution in [0.15, 0.2) is 23.1 Å². The second kappa shape index (κ2) is 5.77. The first-order chi connectivity index (χ1) is 9.70. The lowest BCUT2D eigenvalue weighted by Gasteiger charge is -2.27. The molecule has 2 N–H and O–H groups in total. The summed E-state index contributed by atoms with van der Waals surface area (Å²) in [6.07, 6.45) is 2.32. The van der Waals surface area contributed by atoms with Gasteiger partial charge in [0, 0.05) is 18.2 Å². The predicted octanol–water partition coefficient (Wildman–Crippen LogP) is 1.90. The lowest BCUT2D eigenvalue weighted by atomic mass is 10.1. The van der Waals surface area contributed by atoms with Gasteiger partial charge in [0.05, 0.1) is 4.90 Å². The van der Waals surface area contributed by atoms with E-state index in [9.17, 15) is 13.2 Å². The van der Waals surface area contributed by atoms with Crippen LogP contribution in [0.2, 0.25) is 0 Å². The van der Waals surface area contributed by atoms with E-state index in [1.807, 2.05) is 13.8 Å². The van der Waals surface area contributed by atoms with E-state index in [1.54, 1.807) is 24.0 Å². The summed E-state index contributed by atoms with van der Waals surface area (Å²) in [5.41, 5.74) is 0.923. The highest BCUT2D eigenvalue weighted by atomic mass is 32.2. The molecule has 0 aliphatic heterocycles. The predicted molar refractivity (Wildman–Crippen MR) is 81.4 cm³/mol. The van der Waals surface area contributed by atoms with Crippen LogP contribution in [-0.2, 0) is 10.0 Å². The van der Waals surface area contributed by atoms with Crippen molar-refractivity contribution in [1.82, 2.24) is 4.90 Å². The minimum absolute atomic E-state index is 0.0171.